The fourth-order valence-electron chi connectivity index (χ4n) is 1.80. The van der Waals surface area contributed by atoms with Gasteiger partial charge in [-0.25, -0.2) is 4.79 Å². The summed E-state index contributed by atoms with van der Waals surface area (Å²) < 4.78 is 0. The number of hydrogen-bond acceptors (Lipinski definition) is 3. The van der Waals surface area contributed by atoms with Crippen LogP contribution in [-0.2, 0) is 0 Å². The summed E-state index contributed by atoms with van der Waals surface area (Å²) in [5.41, 5.74) is 7.24. The maximum Gasteiger partial charge on any atom is 0.327 e. The van der Waals surface area contributed by atoms with E-state index < -0.39 is 6.03 Å². The van der Waals surface area contributed by atoms with Crippen molar-refractivity contribution in [1.82, 2.24) is 10.3 Å². The van der Waals surface area contributed by atoms with Gasteiger partial charge in [-0.15, -0.1) is 0 Å². The molecule has 0 bridgehead atoms. The van der Waals surface area contributed by atoms with Gasteiger partial charge in [-0.2, -0.15) is 4.83 Å². The number of hydrogen-bond donors (Lipinski definition) is 3. The standard InChI is InChI=1S/C13H29N3OS/c1-2-3-4-5-6-7-8-9-10-11-12-18-16-15-13(14)17/h16H,2-12H2,1H3,(H3,14,15,17). The average Bonchev–Trinajstić information content (AvgIpc) is 2.34. The van der Waals surface area contributed by atoms with E-state index in [1.807, 2.05) is 0 Å². The number of carbonyl (C=O) groups excluding carboxylic acids is 1. The van der Waals surface area contributed by atoms with Gasteiger partial charge < -0.3 is 5.73 Å². The van der Waals surface area contributed by atoms with Gasteiger partial charge in [0, 0.05) is 5.75 Å². The molecule has 0 aliphatic rings. The minimum absolute atomic E-state index is 0.537. The van der Waals surface area contributed by atoms with Gasteiger partial charge in [0.25, 0.3) is 0 Å². The van der Waals surface area contributed by atoms with Crippen molar-refractivity contribution in [2.24, 2.45) is 5.73 Å². The van der Waals surface area contributed by atoms with Crippen LogP contribution in [0.5, 0.6) is 0 Å². The first-order valence-corrected chi connectivity index (χ1v) is 8.18. The molecule has 0 atom stereocenters. The van der Waals surface area contributed by atoms with Crippen LogP contribution in [0.4, 0.5) is 4.79 Å². The fraction of sp³-hybridized carbons (Fsp3) is 0.923. The van der Waals surface area contributed by atoms with Crippen LogP contribution >= 0.6 is 11.9 Å². The van der Waals surface area contributed by atoms with Crippen LogP contribution in [0.2, 0.25) is 0 Å². The third-order valence-electron chi connectivity index (χ3n) is 2.85. The van der Waals surface area contributed by atoms with Gasteiger partial charge in [-0.3, -0.25) is 5.43 Å². The van der Waals surface area contributed by atoms with E-state index in [2.05, 4.69) is 17.2 Å². The molecule has 4 nitrogen and oxygen atoms in total. The number of unbranched alkanes of at least 4 members (excludes halogenated alkanes) is 9. The molecule has 18 heavy (non-hydrogen) atoms. The van der Waals surface area contributed by atoms with Gasteiger partial charge in [0.2, 0.25) is 0 Å². The van der Waals surface area contributed by atoms with Crippen LogP contribution in [-0.4, -0.2) is 11.8 Å². The second-order valence-electron chi connectivity index (χ2n) is 4.62. The van der Waals surface area contributed by atoms with Crippen LogP contribution in [0.3, 0.4) is 0 Å². The molecule has 0 aromatic rings. The molecule has 0 aliphatic heterocycles. The van der Waals surface area contributed by atoms with Gasteiger partial charge in [0.15, 0.2) is 0 Å². The summed E-state index contributed by atoms with van der Waals surface area (Å²) in [7, 11) is 0. The molecule has 0 aromatic heterocycles. The lowest BCUT2D eigenvalue weighted by Crippen LogP contribution is -2.37. The Morgan fingerprint density at radius 2 is 1.44 bits per heavy atom. The Kier molecular flexibility index (Phi) is 14.3. The monoisotopic (exact) mass is 275 g/mol. The summed E-state index contributed by atoms with van der Waals surface area (Å²) in [4.78, 5) is 13.0. The summed E-state index contributed by atoms with van der Waals surface area (Å²) in [6.45, 7) is 2.26. The third-order valence-corrected chi connectivity index (χ3v) is 3.59. The molecule has 0 fully saturated rings. The quantitative estimate of drug-likeness (QED) is 0.272. The lowest BCUT2D eigenvalue weighted by Gasteiger charge is -2.04. The summed E-state index contributed by atoms with van der Waals surface area (Å²) in [6.07, 6.45) is 13.5. The number of amides is 2. The smallest absolute Gasteiger partial charge is 0.327 e. The van der Waals surface area contributed by atoms with Gasteiger partial charge in [-0.1, -0.05) is 76.7 Å². The maximum absolute atomic E-state index is 10.3. The molecular formula is C13H29N3OS. The zero-order valence-electron chi connectivity index (χ0n) is 11.7. The highest BCUT2D eigenvalue weighted by molar-refractivity contribution is 7.97. The molecule has 0 spiro atoms. The summed E-state index contributed by atoms with van der Waals surface area (Å²) in [6, 6.07) is -0.537. The maximum atomic E-state index is 10.3. The van der Waals surface area contributed by atoms with Crippen molar-refractivity contribution < 1.29 is 4.79 Å². The Morgan fingerprint density at radius 3 is 1.94 bits per heavy atom. The highest BCUT2D eigenvalue weighted by Gasteiger charge is 1.94. The molecule has 5 heteroatoms. The molecule has 0 aromatic carbocycles. The minimum Gasteiger partial charge on any atom is -0.351 e. The predicted octanol–water partition coefficient (Wildman–Crippen LogP) is 3.73. The molecule has 0 unspecified atom stereocenters. The second-order valence-corrected chi connectivity index (χ2v) is 5.52. The van der Waals surface area contributed by atoms with Crippen molar-refractivity contribution >= 4 is 18.0 Å². The average molecular weight is 275 g/mol. The molecule has 0 rings (SSSR count). The van der Waals surface area contributed by atoms with Crippen LogP contribution in [0.1, 0.15) is 71.1 Å². The molecule has 0 heterocycles. The van der Waals surface area contributed by atoms with E-state index in [0.29, 0.717) is 0 Å². The van der Waals surface area contributed by atoms with Gasteiger partial charge in [0.1, 0.15) is 0 Å². The van der Waals surface area contributed by atoms with Gasteiger partial charge in [0.05, 0.1) is 0 Å². The van der Waals surface area contributed by atoms with Crippen molar-refractivity contribution in [3.63, 3.8) is 0 Å². The van der Waals surface area contributed by atoms with E-state index in [1.165, 1.54) is 76.2 Å². The Hall–Kier alpha value is -0.420. The van der Waals surface area contributed by atoms with E-state index >= 15 is 0 Å². The number of nitrogens with one attached hydrogen (secondary N) is 2. The van der Waals surface area contributed by atoms with Crippen molar-refractivity contribution in [2.45, 2.75) is 71.1 Å². The Labute approximate surface area is 116 Å². The summed E-state index contributed by atoms with van der Waals surface area (Å²) >= 11 is 1.50. The molecule has 4 N–H and O–H groups in total. The van der Waals surface area contributed by atoms with Gasteiger partial charge in [-0.05, 0) is 6.42 Å². The normalized spacial score (nSPS) is 10.5. The van der Waals surface area contributed by atoms with Crippen molar-refractivity contribution in [3.05, 3.63) is 0 Å². The zero-order valence-corrected chi connectivity index (χ0v) is 12.5. The molecule has 0 saturated carbocycles. The summed E-state index contributed by atoms with van der Waals surface area (Å²) in [5.74, 6) is 1.01. The first-order valence-electron chi connectivity index (χ1n) is 7.19. The number of rotatable bonds is 13. The molecule has 0 radical (unpaired) electrons. The SMILES string of the molecule is CCCCCCCCCCCCSNNC(N)=O. The number of hydrazine groups is 1. The zero-order chi connectivity index (χ0) is 13.5. The lowest BCUT2D eigenvalue weighted by molar-refractivity contribution is 0.248. The van der Waals surface area contributed by atoms with Crippen LogP contribution in [0, 0.1) is 0 Å². The van der Waals surface area contributed by atoms with E-state index in [1.54, 1.807) is 0 Å². The Balaban J connectivity index is 2.92. The Morgan fingerprint density at radius 1 is 0.944 bits per heavy atom. The summed E-state index contributed by atoms with van der Waals surface area (Å²) in [5, 5.41) is 0. The molecule has 108 valence electrons. The van der Waals surface area contributed by atoms with Crippen LogP contribution in [0.15, 0.2) is 0 Å². The number of urea groups is 1. The molecular weight excluding hydrogens is 246 g/mol. The van der Waals surface area contributed by atoms with E-state index in [4.69, 9.17) is 5.73 Å². The highest BCUT2D eigenvalue weighted by atomic mass is 32.2. The van der Waals surface area contributed by atoms with Gasteiger partial charge >= 0.3 is 6.03 Å². The van der Waals surface area contributed by atoms with Crippen molar-refractivity contribution in [3.8, 4) is 0 Å². The molecule has 0 aliphatic carbocycles. The number of carbonyl (C=O) groups is 1. The lowest BCUT2D eigenvalue weighted by atomic mass is 10.1. The highest BCUT2D eigenvalue weighted by Crippen LogP contribution is 2.11. The van der Waals surface area contributed by atoms with E-state index in [9.17, 15) is 4.79 Å². The third kappa shape index (κ3) is 15.6. The van der Waals surface area contributed by atoms with Crippen LogP contribution in [0.25, 0.3) is 0 Å². The Bertz CT molecular complexity index is 191. The largest absolute Gasteiger partial charge is 0.351 e. The topological polar surface area (TPSA) is 67.2 Å². The fourth-order valence-corrected chi connectivity index (χ4v) is 2.42. The van der Waals surface area contributed by atoms with E-state index in [0.717, 1.165) is 5.75 Å². The minimum atomic E-state index is -0.537. The van der Waals surface area contributed by atoms with Crippen molar-refractivity contribution in [2.75, 3.05) is 5.75 Å². The van der Waals surface area contributed by atoms with Crippen molar-refractivity contribution in [1.29, 1.82) is 0 Å². The van der Waals surface area contributed by atoms with E-state index in [-0.39, 0.29) is 0 Å². The number of primary amides is 1. The second kappa shape index (κ2) is 14.6. The first-order chi connectivity index (χ1) is 8.77. The molecule has 0 saturated heterocycles. The predicted molar refractivity (Wildman–Crippen MR) is 80.2 cm³/mol. The number of nitrogens with two attached hydrogens (primary N) is 1. The van der Waals surface area contributed by atoms with Crippen LogP contribution < -0.4 is 16.0 Å². The first kappa shape index (κ1) is 17.6. The molecule has 2 amide bonds.